The first-order valence-electron chi connectivity index (χ1n) is 10.3. The highest BCUT2D eigenvalue weighted by molar-refractivity contribution is 6.35. The summed E-state index contributed by atoms with van der Waals surface area (Å²) in [4.78, 5) is 10.1. The number of nitrogens with one attached hydrogen (secondary N) is 1. The number of benzene rings is 2. The number of rotatable bonds is 6. The minimum atomic E-state index is -0.299. The standard InChI is InChI=1S/C23H18Cl4N4O2/c24-15-5-4-13(19(25)10-15)8-16-12-32-31-21(28-16)18-11-20(26)29-30-22(18)33-17-3-1-2-14(9-17)23(27)6-7-23/h1-5,9-11,16H,6-8,12H2,(H,28,31). The fourth-order valence-corrected chi connectivity index (χ4v) is 4.42. The zero-order valence-corrected chi connectivity index (χ0v) is 20.2. The minimum absolute atomic E-state index is 0.186. The van der Waals surface area contributed by atoms with E-state index in [2.05, 4.69) is 15.7 Å². The molecule has 0 radical (unpaired) electrons. The molecule has 170 valence electrons. The van der Waals surface area contributed by atoms with Gasteiger partial charge in [0.05, 0.1) is 23.1 Å². The molecule has 1 aliphatic heterocycles. The molecular weight excluding hydrogens is 506 g/mol. The molecule has 6 nitrogen and oxygen atoms in total. The second-order valence-electron chi connectivity index (χ2n) is 7.97. The molecule has 1 saturated carbocycles. The Labute approximate surface area is 210 Å². The van der Waals surface area contributed by atoms with Crippen LogP contribution in [0.2, 0.25) is 15.2 Å². The highest BCUT2D eigenvalue weighted by atomic mass is 35.5. The van der Waals surface area contributed by atoms with Crippen LogP contribution in [0.3, 0.4) is 0 Å². The molecule has 10 heteroatoms. The van der Waals surface area contributed by atoms with Gasteiger partial charge in [-0.2, -0.15) is 0 Å². The van der Waals surface area contributed by atoms with Crippen LogP contribution in [0.4, 0.5) is 0 Å². The molecule has 1 atom stereocenters. The third-order valence-electron chi connectivity index (χ3n) is 5.47. The maximum Gasteiger partial charge on any atom is 0.250 e. The first-order chi connectivity index (χ1) is 15.9. The van der Waals surface area contributed by atoms with Crippen molar-refractivity contribution in [3.8, 4) is 11.6 Å². The lowest BCUT2D eigenvalue weighted by Crippen LogP contribution is -2.37. The van der Waals surface area contributed by atoms with Gasteiger partial charge in [-0.15, -0.1) is 21.8 Å². The van der Waals surface area contributed by atoms with E-state index in [4.69, 9.17) is 61.0 Å². The van der Waals surface area contributed by atoms with Crippen LogP contribution in [-0.4, -0.2) is 28.7 Å². The summed E-state index contributed by atoms with van der Waals surface area (Å²) in [5.74, 6) is 1.28. The van der Waals surface area contributed by atoms with Gasteiger partial charge in [0.1, 0.15) is 5.75 Å². The van der Waals surface area contributed by atoms with E-state index in [0.717, 1.165) is 24.0 Å². The number of amidine groups is 1. The van der Waals surface area contributed by atoms with E-state index < -0.39 is 0 Å². The van der Waals surface area contributed by atoms with Gasteiger partial charge in [0.2, 0.25) is 5.88 Å². The van der Waals surface area contributed by atoms with Gasteiger partial charge < -0.3 is 4.74 Å². The van der Waals surface area contributed by atoms with Crippen LogP contribution in [0.5, 0.6) is 11.6 Å². The lowest BCUT2D eigenvalue weighted by atomic mass is 10.1. The fraction of sp³-hybridized carbons (Fsp3) is 0.261. The van der Waals surface area contributed by atoms with Gasteiger partial charge in [-0.1, -0.05) is 53.0 Å². The van der Waals surface area contributed by atoms with Gasteiger partial charge in [0.15, 0.2) is 11.0 Å². The van der Waals surface area contributed by atoms with Gasteiger partial charge >= 0.3 is 0 Å². The van der Waals surface area contributed by atoms with Crippen molar-refractivity contribution >= 4 is 52.2 Å². The molecule has 0 amide bonds. The SMILES string of the molecule is Clc1ccc(CC2CONC(c3cc(Cl)nnc3Oc3cccc(C4(Cl)CC4)c3)=N2)c(Cl)c1. The van der Waals surface area contributed by atoms with Crippen molar-refractivity contribution in [2.45, 2.75) is 30.2 Å². The maximum atomic E-state index is 6.56. The number of hydrogen-bond donors (Lipinski definition) is 1. The predicted molar refractivity (Wildman–Crippen MR) is 130 cm³/mol. The van der Waals surface area contributed by atoms with Crippen molar-refractivity contribution < 1.29 is 9.57 Å². The van der Waals surface area contributed by atoms with Crippen LogP contribution in [0.15, 0.2) is 53.5 Å². The quantitative estimate of drug-likeness (QED) is 0.381. The zero-order valence-electron chi connectivity index (χ0n) is 17.2. The van der Waals surface area contributed by atoms with E-state index in [1.165, 1.54) is 0 Å². The summed E-state index contributed by atoms with van der Waals surface area (Å²) in [5.41, 5.74) is 5.31. The Morgan fingerprint density at radius 3 is 2.70 bits per heavy atom. The molecule has 1 aromatic heterocycles. The van der Waals surface area contributed by atoms with E-state index in [9.17, 15) is 0 Å². The smallest absolute Gasteiger partial charge is 0.250 e. The van der Waals surface area contributed by atoms with Crippen LogP contribution in [0.25, 0.3) is 0 Å². The topological polar surface area (TPSA) is 68.6 Å². The third kappa shape index (κ3) is 5.20. The van der Waals surface area contributed by atoms with Crippen molar-refractivity contribution in [2.75, 3.05) is 6.61 Å². The largest absolute Gasteiger partial charge is 0.437 e. The molecule has 2 aliphatic rings. The van der Waals surface area contributed by atoms with Crippen LogP contribution in [-0.2, 0) is 16.1 Å². The molecule has 33 heavy (non-hydrogen) atoms. The molecule has 2 heterocycles. The minimum Gasteiger partial charge on any atom is -0.437 e. The first-order valence-corrected chi connectivity index (χ1v) is 11.8. The summed E-state index contributed by atoms with van der Waals surface area (Å²) in [6, 6.07) is 14.5. The zero-order chi connectivity index (χ0) is 23.0. The Bertz CT molecular complexity index is 1230. The summed E-state index contributed by atoms with van der Waals surface area (Å²) < 4.78 is 6.06. The van der Waals surface area contributed by atoms with Crippen LogP contribution in [0, 0.1) is 0 Å². The maximum absolute atomic E-state index is 6.56. The molecule has 3 aromatic rings. The number of ether oxygens (including phenoxy) is 1. The number of nitrogens with zero attached hydrogens (tertiary/aromatic N) is 3. The number of halogens is 4. The van der Waals surface area contributed by atoms with Gasteiger partial charge in [-0.25, -0.2) is 5.48 Å². The first kappa shape index (κ1) is 22.7. The summed E-state index contributed by atoms with van der Waals surface area (Å²) in [6.07, 6.45) is 2.46. The van der Waals surface area contributed by atoms with Crippen molar-refractivity contribution in [3.63, 3.8) is 0 Å². The lowest BCUT2D eigenvalue weighted by molar-refractivity contribution is 0.0623. The number of aliphatic imine (C=N–C) groups is 1. The molecule has 0 spiro atoms. The molecule has 0 saturated heterocycles. The Kier molecular flexibility index (Phi) is 6.38. The molecule has 0 bridgehead atoms. The van der Waals surface area contributed by atoms with E-state index in [0.29, 0.717) is 40.2 Å². The normalized spacial score (nSPS) is 18.9. The highest BCUT2D eigenvalue weighted by Gasteiger charge is 2.42. The third-order valence-corrected chi connectivity index (χ3v) is 6.83. The number of aromatic nitrogens is 2. The Morgan fingerprint density at radius 1 is 1.06 bits per heavy atom. The number of hydroxylamine groups is 1. The van der Waals surface area contributed by atoms with Crippen molar-refractivity contribution in [1.82, 2.24) is 15.7 Å². The number of alkyl halides is 1. The van der Waals surface area contributed by atoms with Gasteiger partial charge in [0.25, 0.3) is 0 Å². The van der Waals surface area contributed by atoms with Crippen molar-refractivity contribution in [1.29, 1.82) is 0 Å². The average Bonchev–Trinajstić information content (AvgIpc) is 3.56. The van der Waals surface area contributed by atoms with Crippen molar-refractivity contribution in [2.24, 2.45) is 4.99 Å². The monoisotopic (exact) mass is 522 g/mol. The van der Waals surface area contributed by atoms with Crippen LogP contribution >= 0.6 is 46.4 Å². The van der Waals surface area contributed by atoms with Crippen LogP contribution in [0.1, 0.15) is 29.5 Å². The summed E-state index contributed by atoms with van der Waals surface area (Å²) in [7, 11) is 0. The molecule has 1 aliphatic carbocycles. The molecule has 5 rings (SSSR count). The second-order valence-corrected chi connectivity index (χ2v) is 9.92. The second kappa shape index (κ2) is 9.28. The van der Waals surface area contributed by atoms with E-state index >= 15 is 0 Å². The summed E-state index contributed by atoms with van der Waals surface area (Å²) >= 11 is 25.0. The Hall–Kier alpha value is -2.09. The number of hydrogen-bond acceptors (Lipinski definition) is 6. The van der Waals surface area contributed by atoms with Gasteiger partial charge in [-0.05, 0) is 60.7 Å². The predicted octanol–water partition coefficient (Wildman–Crippen LogP) is 6.35. The molecule has 1 unspecified atom stereocenters. The van der Waals surface area contributed by atoms with E-state index in [1.54, 1.807) is 18.2 Å². The molecule has 1 N–H and O–H groups in total. The average molecular weight is 524 g/mol. The summed E-state index contributed by atoms with van der Waals surface area (Å²) in [6.45, 7) is 0.366. The van der Waals surface area contributed by atoms with Gasteiger partial charge in [-0.3, -0.25) is 9.83 Å². The van der Waals surface area contributed by atoms with Gasteiger partial charge in [0, 0.05) is 10.0 Å². The molecule has 2 aromatic carbocycles. The van der Waals surface area contributed by atoms with Crippen molar-refractivity contribution in [3.05, 3.63) is 80.4 Å². The Balaban J connectivity index is 1.42. The molecule has 1 fully saturated rings. The summed E-state index contributed by atoms with van der Waals surface area (Å²) in [5, 5.41) is 9.45. The fourth-order valence-electron chi connectivity index (χ4n) is 3.57. The Morgan fingerprint density at radius 2 is 1.91 bits per heavy atom. The van der Waals surface area contributed by atoms with E-state index in [-0.39, 0.29) is 21.9 Å². The molecular formula is C23H18Cl4N4O2. The lowest BCUT2D eigenvalue weighted by Gasteiger charge is -2.23. The highest BCUT2D eigenvalue weighted by Crippen LogP contribution is 2.52. The van der Waals surface area contributed by atoms with Crippen LogP contribution < -0.4 is 10.2 Å². The van der Waals surface area contributed by atoms with E-state index in [1.807, 2.05) is 30.3 Å².